The van der Waals surface area contributed by atoms with E-state index in [4.69, 9.17) is 11.6 Å². The predicted molar refractivity (Wildman–Crippen MR) is 88.8 cm³/mol. The topological polar surface area (TPSA) is 29.1 Å². The van der Waals surface area contributed by atoms with Crippen LogP contribution in [-0.4, -0.2) is 16.9 Å². The van der Waals surface area contributed by atoms with Gasteiger partial charge in [-0.2, -0.15) is 0 Å². The van der Waals surface area contributed by atoms with Crippen molar-refractivity contribution in [3.63, 3.8) is 0 Å². The second-order valence-corrected chi connectivity index (χ2v) is 6.27. The molecule has 0 aliphatic rings. The maximum absolute atomic E-state index is 11.9. The number of nitrogens with one attached hydrogen (secondary N) is 1. The standard InChI is InChI=1S/C13H16BrClINO/c14-11-7-5-6-10(12(11)15)13(18)17-9-4-2-1-3-8-16/h5-7H,1-4,8-9H2,(H,17,18). The van der Waals surface area contributed by atoms with Gasteiger partial charge in [0.15, 0.2) is 0 Å². The van der Waals surface area contributed by atoms with Crippen LogP contribution in [0.5, 0.6) is 0 Å². The van der Waals surface area contributed by atoms with Gasteiger partial charge in [0.05, 0.1) is 10.6 Å². The maximum atomic E-state index is 11.9. The van der Waals surface area contributed by atoms with Gasteiger partial charge < -0.3 is 5.32 Å². The van der Waals surface area contributed by atoms with Crippen molar-refractivity contribution in [1.29, 1.82) is 0 Å². The third kappa shape index (κ3) is 5.45. The molecule has 1 rings (SSSR count). The van der Waals surface area contributed by atoms with E-state index in [1.807, 2.05) is 12.1 Å². The van der Waals surface area contributed by atoms with Crippen molar-refractivity contribution in [3.8, 4) is 0 Å². The third-order valence-electron chi connectivity index (χ3n) is 2.54. The summed E-state index contributed by atoms with van der Waals surface area (Å²) in [6.07, 6.45) is 4.67. The third-order valence-corrected chi connectivity index (χ3v) is 4.60. The average molecular weight is 445 g/mol. The van der Waals surface area contributed by atoms with Crippen molar-refractivity contribution in [2.45, 2.75) is 25.7 Å². The molecule has 0 atom stereocenters. The van der Waals surface area contributed by atoms with Crippen molar-refractivity contribution < 1.29 is 4.79 Å². The predicted octanol–water partition coefficient (Wildman–Crippen LogP) is 4.83. The molecule has 0 bridgehead atoms. The summed E-state index contributed by atoms with van der Waals surface area (Å²) in [5, 5.41) is 3.37. The van der Waals surface area contributed by atoms with E-state index in [0.717, 1.165) is 17.3 Å². The Morgan fingerprint density at radius 1 is 1.28 bits per heavy atom. The molecule has 1 aromatic carbocycles. The number of hydrogen-bond donors (Lipinski definition) is 1. The maximum Gasteiger partial charge on any atom is 0.252 e. The first-order valence-electron chi connectivity index (χ1n) is 5.95. The molecular weight excluding hydrogens is 428 g/mol. The van der Waals surface area contributed by atoms with Crippen molar-refractivity contribution in [3.05, 3.63) is 33.3 Å². The Labute approximate surface area is 135 Å². The van der Waals surface area contributed by atoms with Gasteiger partial charge in [-0.05, 0) is 45.3 Å². The van der Waals surface area contributed by atoms with Gasteiger partial charge in [-0.15, -0.1) is 0 Å². The molecule has 1 aromatic rings. The summed E-state index contributed by atoms with van der Waals surface area (Å²) in [5.41, 5.74) is 0.526. The zero-order valence-electron chi connectivity index (χ0n) is 10.0. The molecule has 0 spiro atoms. The van der Waals surface area contributed by atoms with Crippen molar-refractivity contribution >= 4 is 56.0 Å². The molecule has 5 heteroatoms. The quantitative estimate of drug-likeness (QED) is 0.364. The molecule has 2 nitrogen and oxygen atoms in total. The normalized spacial score (nSPS) is 10.4. The Morgan fingerprint density at radius 2 is 2.00 bits per heavy atom. The van der Waals surface area contributed by atoms with Gasteiger partial charge in [0.25, 0.3) is 5.91 Å². The van der Waals surface area contributed by atoms with E-state index in [1.54, 1.807) is 6.07 Å². The highest BCUT2D eigenvalue weighted by atomic mass is 127. The number of hydrogen-bond acceptors (Lipinski definition) is 1. The summed E-state index contributed by atoms with van der Waals surface area (Å²) < 4.78 is 1.96. The van der Waals surface area contributed by atoms with Gasteiger partial charge in [-0.25, -0.2) is 0 Å². The molecule has 0 aromatic heterocycles. The van der Waals surface area contributed by atoms with Crippen LogP contribution < -0.4 is 5.32 Å². The highest BCUT2D eigenvalue weighted by Crippen LogP contribution is 2.25. The number of unbranched alkanes of at least 4 members (excludes halogenated alkanes) is 3. The number of carbonyl (C=O) groups is 1. The molecule has 0 aliphatic heterocycles. The van der Waals surface area contributed by atoms with Crippen LogP contribution in [0.15, 0.2) is 22.7 Å². The minimum absolute atomic E-state index is 0.102. The van der Waals surface area contributed by atoms with Gasteiger partial charge >= 0.3 is 0 Å². The summed E-state index contributed by atoms with van der Waals surface area (Å²) in [6.45, 7) is 0.711. The largest absolute Gasteiger partial charge is 0.352 e. The number of amides is 1. The minimum atomic E-state index is -0.102. The molecule has 0 saturated carbocycles. The van der Waals surface area contributed by atoms with Gasteiger partial charge in [0, 0.05) is 11.0 Å². The summed E-state index contributed by atoms with van der Waals surface area (Å²) in [7, 11) is 0. The first-order valence-corrected chi connectivity index (χ1v) is 8.64. The Bertz CT molecular complexity index is 401. The first kappa shape index (κ1) is 16.2. The van der Waals surface area contributed by atoms with Gasteiger partial charge in [0.1, 0.15) is 0 Å². The molecule has 100 valence electrons. The lowest BCUT2D eigenvalue weighted by atomic mass is 10.2. The Kier molecular flexibility index (Phi) is 8.26. The molecule has 0 unspecified atom stereocenters. The van der Waals surface area contributed by atoms with Gasteiger partial charge in [-0.1, -0.05) is 53.1 Å². The lowest BCUT2D eigenvalue weighted by molar-refractivity contribution is 0.0953. The van der Waals surface area contributed by atoms with E-state index in [-0.39, 0.29) is 5.91 Å². The summed E-state index contributed by atoms with van der Waals surface area (Å²) >= 11 is 11.8. The zero-order chi connectivity index (χ0) is 13.4. The van der Waals surface area contributed by atoms with Crippen molar-refractivity contribution in [2.24, 2.45) is 0 Å². The molecule has 18 heavy (non-hydrogen) atoms. The van der Waals surface area contributed by atoms with Crippen LogP contribution in [0, 0.1) is 0 Å². The van der Waals surface area contributed by atoms with E-state index in [1.165, 1.54) is 17.3 Å². The van der Waals surface area contributed by atoms with Crippen molar-refractivity contribution in [1.82, 2.24) is 5.32 Å². The van der Waals surface area contributed by atoms with Crippen LogP contribution >= 0.6 is 50.1 Å². The van der Waals surface area contributed by atoms with E-state index in [0.29, 0.717) is 17.1 Å². The molecule has 0 aliphatic carbocycles. The fourth-order valence-corrected chi connectivity index (χ4v) is 2.67. The molecule has 0 radical (unpaired) electrons. The number of benzene rings is 1. The van der Waals surface area contributed by atoms with E-state index < -0.39 is 0 Å². The van der Waals surface area contributed by atoms with Crippen LogP contribution in [0.4, 0.5) is 0 Å². The van der Waals surface area contributed by atoms with Crippen LogP contribution in [0.2, 0.25) is 5.02 Å². The lowest BCUT2D eigenvalue weighted by Gasteiger charge is -2.07. The van der Waals surface area contributed by atoms with E-state index >= 15 is 0 Å². The molecule has 0 heterocycles. The van der Waals surface area contributed by atoms with Crippen LogP contribution in [0.1, 0.15) is 36.0 Å². The molecular formula is C13H16BrClINO. The average Bonchev–Trinajstić information content (AvgIpc) is 2.36. The number of halogens is 3. The van der Waals surface area contributed by atoms with Crippen LogP contribution in [0.25, 0.3) is 0 Å². The van der Waals surface area contributed by atoms with E-state index in [2.05, 4.69) is 43.8 Å². The monoisotopic (exact) mass is 443 g/mol. The Balaban J connectivity index is 2.35. The summed E-state index contributed by atoms with van der Waals surface area (Å²) in [6, 6.07) is 5.37. The highest BCUT2D eigenvalue weighted by molar-refractivity contribution is 14.1. The Hall–Kier alpha value is 0.190. The smallest absolute Gasteiger partial charge is 0.252 e. The fraction of sp³-hybridized carbons (Fsp3) is 0.462. The highest BCUT2D eigenvalue weighted by Gasteiger charge is 2.11. The summed E-state index contributed by atoms with van der Waals surface area (Å²) in [4.78, 5) is 11.9. The van der Waals surface area contributed by atoms with Crippen LogP contribution in [0.3, 0.4) is 0 Å². The second kappa shape index (κ2) is 9.15. The number of rotatable bonds is 7. The Morgan fingerprint density at radius 3 is 2.72 bits per heavy atom. The van der Waals surface area contributed by atoms with Crippen molar-refractivity contribution in [2.75, 3.05) is 11.0 Å². The molecule has 0 saturated heterocycles. The number of carbonyl (C=O) groups excluding carboxylic acids is 1. The molecule has 1 N–H and O–H groups in total. The zero-order valence-corrected chi connectivity index (χ0v) is 14.5. The van der Waals surface area contributed by atoms with Crippen LogP contribution in [-0.2, 0) is 0 Å². The fourth-order valence-electron chi connectivity index (χ4n) is 1.55. The molecule has 0 fully saturated rings. The van der Waals surface area contributed by atoms with E-state index in [9.17, 15) is 4.79 Å². The second-order valence-electron chi connectivity index (χ2n) is 3.96. The SMILES string of the molecule is O=C(NCCCCCCI)c1cccc(Br)c1Cl. The number of alkyl halides is 1. The molecule has 1 amide bonds. The lowest BCUT2D eigenvalue weighted by Crippen LogP contribution is -2.24. The summed E-state index contributed by atoms with van der Waals surface area (Å²) in [5.74, 6) is -0.102. The first-order chi connectivity index (χ1) is 8.66. The van der Waals surface area contributed by atoms with Gasteiger partial charge in [-0.3, -0.25) is 4.79 Å². The van der Waals surface area contributed by atoms with Gasteiger partial charge in [0.2, 0.25) is 0 Å². The minimum Gasteiger partial charge on any atom is -0.352 e.